The maximum atomic E-state index is 12.6. The zero-order valence-corrected chi connectivity index (χ0v) is 16.6. The Balaban J connectivity index is 0.00000338. The standard InChI is InChI=1S/C19H29N3O3.ClH/c1-4-16-5-7-17(8-6-16)25-15(3)19(24)22-11-9-21(10-12-22)18(23)14(2)13-20;/h5-8,14-15H,4,9-13,20H2,1-3H3;1H. The predicted molar refractivity (Wildman–Crippen MR) is 105 cm³/mol. The summed E-state index contributed by atoms with van der Waals surface area (Å²) in [4.78, 5) is 28.3. The minimum absolute atomic E-state index is 0. The van der Waals surface area contributed by atoms with E-state index >= 15 is 0 Å². The van der Waals surface area contributed by atoms with Crippen molar-refractivity contribution in [3.63, 3.8) is 0 Å². The molecule has 2 rings (SSSR count). The second kappa shape index (κ2) is 10.4. The molecule has 1 heterocycles. The first-order valence-corrected chi connectivity index (χ1v) is 8.99. The van der Waals surface area contributed by atoms with Crippen molar-refractivity contribution in [2.75, 3.05) is 32.7 Å². The summed E-state index contributed by atoms with van der Waals surface area (Å²) in [5, 5.41) is 0. The van der Waals surface area contributed by atoms with E-state index in [-0.39, 0.29) is 30.1 Å². The minimum Gasteiger partial charge on any atom is -0.481 e. The van der Waals surface area contributed by atoms with E-state index in [1.807, 2.05) is 31.2 Å². The maximum absolute atomic E-state index is 12.6. The summed E-state index contributed by atoms with van der Waals surface area (Å²) >= 11 is 0. The summed E-state index contributed by atoms with van der Waals surface area (Å²) in [5.74, 6) is 0.549. The van der Waals surface area contributed by atoms with Crippen LogP contribution in [-0.4, -0.2) is 60.4 Å². The Hall–Kier alpha value is -1.79. The van der Waals surface area contributed by atoms with Gasteiger partial charge < -0.3 is 20.3 Å². The van der Waals surface area contributed by atoms with Gasteiger partial charge in [0.2, 0.25) is 5.91 Å². The number of benzene rings is 1. The van der Waals surface area contributed by atoms with Gasteiger partial charge in [0, 0.05) is 38.6 Å². The van der Waals surface area contributed by atoms with Crippen molar-refractivity contribution < 1.29 is 14.3 Å². The lowest BCUT2D eigenvalue weighted by molar-refractivity contribution is -0.145. The molecule has 0 saturated carbocycles. The van der Waals surface area contributed by atoms with Gasteiger partial charge in [-0.15, -0.1) is 12.4 Å². The number of rotatable bonds is 6. The zero-order valence-electron chi connectivity index (χ0n) is 15.8. The van der Waals surface area contributed by atoms with Crippen molar-refractivity contribution in [1.82, 2.24) is 9.80 Å². The second-order valence-corrected chi connectivity index (χ2v) is 6.54. The molecular formula is C19H30ClN3O3. The molecule has 2 unspecified atom stereocenters. The molecule has 1 fully saturated rings. The molecule has 2 atom stereocenters. The van der Waals surface area contributed by atoms with Gasteiger partial charge >= 0.3 is 0 Å². The van der Waals surface area contributed by atoms with Gasteiger partial charge in [-0.25, -0.2) is 0 Å². The van der Waals surface area contributed by atoms with Gasteiger partial charge in [0.1, 0.15) is 5.75 Å². The van der Waals surface area contributed by atoms with Crippen LogP contribution in [0.4, 0.5) is 0 Å². The van der Waals surface area contributed by atoms with E-state index in [0.29, 0.717) is 38.5 Å². The molecule has 1 aliphatic rings. The topological polar surface area (TPSA) is 75.9 Å². The van der Waals surface area contributed by atoms with Crippen LogP contribution in [-0.2, 0) is 16.0 Å². The lowest BCUT2D eigenvalue weighted by atomic mass is 10.1. The fraction of sp³-hybridized carbons (Fsp3) is 0.579. The number of carbonyl (C=O) groups excluding carboxylic acids is 2. The smallest absolute Gasteiger partial charge is 0.263 e. The van der Waals surface area contributed by atoms with Crippen molar-refractivity contribution in [3.8, 4) is 5.75 Å². The van der Waals surface area contributed by atoms with Crippen LogP contribution in [0.3, 0.4) is 0 Å². The monoisotopic (exact) mass is 383 g/mol. The summed E-state index contributed by atoms with van der Waals surface area (Å²) in [5.41, 5.74) is 6.79. The molecule has 1 aliphatic heterocycles. The van der Waals surface area contributed by atoms with Gasteiger partial charge in [-0.3, -0.25) is 9.59 Å². The number of hydrogen-bond acceptors (Lipinski definition) is 4. The Labute approximate surface area is 162 Å². The van der Waals surface area contributed by atoms with Gasteiger partial charge in [-0.2, -0.15) is 0 Å². The van der Waals surface area contributed by atoms with Crippen LogP contribution in [0.1, 0.15) is 26.3 Å². The van der Waals surface area contributed by atoms with Crippen molar-refractivity contribution in [1.29, 1.82) is 0 Å². The van der Waals surface area contributed by atoms with Gasteiger partial charge in [-0.05, 0) is 31.0 Å². The number of carbonyl (C=O) groups is 2. The fourth-order valence-electron chi connectivity index (χ4n) is 2.88. The van der Waals surface area contributed by atoms with Crippen molar-refractivity contribution in [2.45, 2.75) is 33.3 Å². The SMILES string of the molecule is CCc1ccc(OC(C)C(=O)N2CCN(C(=O)C(C)CN)CC2)cc1.Cl. The molecule has 0 aliphatic carbocycles. The number of ether oxygens (including phenoxy) is 1. The summed E-state index contributed by atoms with van der Waals surface area (Å²) in [6, 6.07) is 7.81. The van der Waals surface area contributed by atoms with E-state index in [9.17, 15) is 9.59 Å². The third-order valence-corrected chi connectivity index (χ3v) is 4.67. The van der Waals surface area contributed by atoms with E-state index in [4.69, 9.17) is 10.5 Å². The molecule has 0 radical (unpaired) electrons. The third-order valence-electron chi connectivity index (χ3n) is 4.67. The molecule has 146 valence electrons. The number of nitrogens with zero attached hydrogens (tertiary/aromatic N) is 2. The molecule has 1 saturated heterocycles. The van der Waals surface area contributed by atoms with Crippen LogP contribution >= 0.6 is 12.4 Å². The Morgan fingerprint density at radius 3 is 2.00 bits per heavy atom. The quantitative estimate of drug-likeness (QED) is 0.811. The van der Waals surface area contributed by atoms with Crippen LogP contribution in [0.2, 0.25) is 0 Å². The average molecular weight is 384 g/mol. The largest absolute Gasteiger partial charge is 0.481 e. The molecule has 2 amide bonds. The van der Waals surface area contributed by atoms with E-state index in [2.05, 4.69) is 6.92 Å². The lowest BCUT2D eigenvalue weighted by Crippen LogP contribution is -2.54. The van der Waals surface area contributed by atoms with Crippen LogP contribution < -0.4 is 10.5 Å². The molecule has 7 heteroatoms. The van der Waals surface area contributed by atoms with E-state index in [1.54, 1.807) is 16.7 Å². The Morgan fingerprint density at radius 1 is 1.04 bits per heavy atom. The summed E-state index contributed by atoms with van der Waals surface area (Å²) in [7, 11) is 0. The molecule has 0 spiro atoms. The predicted octanol–water partition coefficient (Wildman–Crippen LogP) is 1.70. The molecule has 1 aromatic carbocycles. The van der Waals surface area contributed by atoms with Crippen LogP contribution in [0, 0.1) is 5.92 Å². The summed E-state index contributed by atoms with van der Waals surface area (Å²) in [6.07, 6.45) is 0.429. The highest BCUT2D eigenvalue weighted by Crippen LogP contribution is 2.16. The molecular weight excluding hydrogens is 354 g/mol. The van der Waals surface area contributed by atoms with E-state index in [1.165, 1.54) is 5.56 Å². The van der Waals surface area contributed by atoms with Crippen LogP contribution in [0.5, 0.6) is 5.75 Å². The highest BCUT2D eigenvalue weighted by atomic mass is 35.5. The Kier molecular flexibility index (Phi) is 8.88. The number of hydrogen-bond donors (Lipinski definition) is 1. The Bertz CT molecular complexity index is 586. The molecule has 2 N–H and O–H groups in total. The highest BCUT2D eigenvalue weighted by Gasteiger charge is 2.29. The summed E-state index contributed by atoms with van der Waals surface area (Å²) in [6.45, 7) is 8.21. The van der Waals surface area contributed by atoms with Crippen LogP contribution in [0.15, 0.2) is 24.3 Å². The lowest BCUT2D eigenvalue weighted by Gasteiger charge is -2.36. The van der Waals surface area contributed by atoms with Gasteiger partial charge in [0.15, 0.2) is 6.10 Å². The van der Waals surface area contributed by atoms with Gasteiger partial charge in [0.05, 0.1) is 0 Å². The van der Waals surface area contributed by atoms with Gasteiger partial charge in [0.25, 0.3) is 5.91 Å². The molecule has 6 nitrogen and oxygen atoms in total. The first-order valence-electron chi connectivity index (χ1n) is 8.99. The maximum Gasteiger partial charge on any atom is 0.263 e. The zero-order chi connectivity index (χ0) is 18.4. The molecule has 1 aromatic rings. The molecule has 0 bridgehead atoms. The number of piperazine rings is 1. The average Bonchev–Trinajstić information content (AvgIpc) is 2.66. The normalized spacial score (nSPS) is 16.5. The van der Waals surface area contributed by atoms with Crippen LogP contribution in [0.25, 0.3) is 0 Å². The molecule has 0 aromatic heterocycles. The number of nitrogens with two attached hydrogens (primary N) is 1. The fourth-order valence-corrected chi connectivity index (χ4v) is 2.88. The first kappa shape index (κ1) is 22.3. The highest BCUT2D eigenvalue weighted by molar-refractivity contribution is 5.85. The van der Waals surface area contributed by atoms with Gasteiger partial charge in [-0.1, -0.05) is 26.0 Å². The van der Waals surface area contributed by atoms with E-state index < -0.39 is 6.10 Å². The van der Waals surface area contributed by atoms with E-state index in [0.717, 1.165) is 6.42 Å². The second-order valence-electron chi connectivity index (χ2n) is 6.54. The number of aryl methyl sites for hydroxylation is 1. The first-order chi connectivity index (χ1) is 12.0. The molecule has 26 heavy (non-hydrogen) atoms. The number of amides is 2. The third kappa shape index (κ3) is 5.61. The van der Waals surface area contributed by atoms with Crippen molar-refractivity contribution >= 4 is 24.2 Å². The number of halogens is 1. The van der Waals surface area contributed by atoms with Crippen molar-refractivity contribution in [2.24, 2.45) is 11.7 Å². The van der Waals surface area contributed by atoms with Crippen molar-refractivity contribution in [3.05, 3.63) is 29.8 Å². The summed E-state index contributed by atoms with van der Waals surface area (Å²) < 4.78 is 5.77. The Morgan fingerprint density at radius 2 is 1.54 bits per heavy atom. The minimum atomic E-state index is -0.544.